The lowest BCUT2D eigenvalue weighted by Crippen LogP contribution is -2.29. The Kier molecular flexibility index (Phi) is 4.77. The molecule has 2 saturated heterocycles. The van der Waals surface area contributed by atoms with Gasteiger partial charge in [0, 0.05) is 24.7 Å². The van der Waals surface area contributed by atoms with Gasteiger partial charge in [0.05, 0.1) is 10.5 Å². The molecule has 3 aliphatic rings. The zero-order valence-electron chi connectivity index (χ0n) is 13.6. The Morgan fingerprint density at radius 3 is 2.75 bits per heavy atom. The van der Waals surface area contributed by atoms with Crippen LogP contribution in [0.15, 0.2) is 24.3 Å². The van der Waals surface area contributed by atoms with E-state index in [-0.39, 0.29) is 17.7 Å². The highest BCUT2D eigenvalue weighted by Crippen LogP contribution is 2.44. The van der Waals surface area contributed by atoms with Crippen LogP contribution < -0.4 is 5.32 Å². The zero-order chi connectivity index (χ0) is 16.5. The number of nitrogens with one attached hydrogen (secondary N) is 1. The highest BCUT2D eigenvalue weighted by Gasteiger charge is 2.41. The predicted molar refractivity (Wildman–Crippen MR) is 100 cm³/mol. The summed E-state index contributed by atoms with van der Waals surface area (Å²) in [6.45, 7) is 0.587. The van der Waals surface area contributed by atoms with E-state index in [0.717, 1.165) is 18.5 Å². The predicted octanol–water partition coefficient (Wildman–Crippen LogP) is 3.50. The number of rotatable bonds is 4. The molecule has 2 aliphatic heterocycles. The van der Waals surface area contributed by atoms with Gasteiger partial charge in [0.25, 0.3) is 0 Å². The summed E-state index contributed by atoms with van der Waals surface area (Å²) in [4.78, 5) is 26.5. The molecule has 2 heterocycles. The summed E-state index contributed by atoms with van der Waals surface area (Å²) in [6, 6.07) is 8.58. The maximum Gasteiger partial charge on any atom is 0.229 e. The van der Waals surface area contributed by atoms with Crippen molar-refractivity contribution in [3.8, 4) is 0 Å². The number of amides is 2. The van der Waals surface area contributed by atoms with Crippen LogP contribution in [0.25, 0.3) is 0 Å². The summed E-state index contributed by atoms with van der Waals surface area (Å²) in [6.07, 6.45) is 3.82. The van der Waals surface area contributed by atoms with Crippen LogP contribution in [-0.2, 0) is 9.59 Å². The van der Waals surface area contributed by atoms with Crippen molar-refractivity contribution in [3.05, 3.63) is 29.8 Å². The molecular weight excluding hydrogens is 340 g/mol. The first kappa shape index (κ1) is 16.3. The zero-order valence-corrected chi connectivity index (χ0v) is 15.2. The molecule has 2 amide bonds. The van der Waals surface area contributed by atoms with Crippen LogP contribution in [0.2, 0.25) is 0 Å². The molecule has 1 aromatic carbocycles. The number of carbonyl (C=O) groups is 2. The van der Waals surface area contributed by atoms with Gasteiger partial charge in [-0.3, -0.25) is 9.59 Å². The average molecular weight is 363 g/mol. The van der Waals surface area contributed by atoms with Gasteiger partial charge in [0.15, 0.2) is 0 Å². The molecule has 0 spiro atoms. The third kappa shape index (κ3) is 3.59. The van der Waals surface area contributed by atoms with E-state index in [0.29, 0.717) is 23.6 Å². The van der Waals surface area contributed by atoms with Gasteiger partial charge in [0.1, 0.15) is 0 Å². The Hall–Kier alpha value is -1.14. The van der Waals surface area contributed by atoms with Crippen LogP contribution in [0.4, 0.5) is 5.69 Å². The molecule has 1 aliphatic carbocycles. The molecule has 4 rings (SSSR count). The molecule has 1 aromatic rings. The molecule has 6 heteroatoms. The van der Waals surface area contributed by atoms with E-state index >= 15 is 0 Å². The second kappa shape index (κ2) is 7.00. The molecule has 0 radical (unpaired) electrons. The second-order valence-corrected chi connectivity index (χ2v) is 9.44. The maximum atomic E-state index is 12.5. The Balaban J connectivity index is 1.39. The minimum atomic E-state index is -0.208. The van der Waals surface area contributed by atoms with E-state index in [4.69, 9.17) is 0 Å². The lowest BCUT2D eigenvalue weighted by Gasteiger charge is -2.22. The monoisotopic (exact) mass is 362 g/mol. The summed E-state index contributed by atoms with van der Waals surface area (Å²) in [5.74, 6) is 2.32. The summed E-state index contributed by atoms with van der Waals surface area (Å²) < 4.78 is 0.467. The molecule has 128 valence electrons. The Bertz CT molecular complexity index is 642. The number of thioether (sulfide) groups is 2. The number of carbonyl (C=O) groups excluding carboxylic acids is 2. The molecule has 3 fully saturated rings. The number of nitrogens with zero attached hydrogens (tertiary/aromatic N) is 1. The second-order valence-electron chi connectivity index (χ2n) is 6.72. The minimum absolute atomic E-state index is 0.0207. The van der Waals surface area contributed by atoms with Crippen LogP contribution in [0.3, 0.4) is 0 Å². The van der Waals surface area contributed by atoms with Crippen molar-refractivity contribution in [2.75, 3.05) is 23.4 Å². The van der Waals surface area contributed by atoms with Gasteiger partial charge in [0.2, 0.25) is 11.8 Å². The molecule has 0 bridgehead atoms. The van der Waals surface area contributed by atoms with Gasteiger partial charge < -0.3 is 10.2 Å². The van der Waals surface area contributed by atoms with Crippen LogP contribution in [0.5, 0.6) is 0 Å². The molecule has 0 unspecified atom stereocenters. The van der Waals surface area contributed by atoms with Gasteiger partial charge in [-0.1, -0.05) is 12.1 Å². The first-order valence-electron chi connectivity index (χ1n) is 8.64. The van der Waals surface area contributed by atoms with Crippen molar-refractivity contribution < 1.29 is 9.59 Å². The fourth-order valence-electron chi connectivity index (χ4n) is 3.33. The first-order valence-corrected chi connectivity index (χ1v) is 10.7. The molecular formula is C18H22N2O2S2. The quantitative estimate of drug-likeness (QED) is 0.891. The van der Waals surface area contributed by atoms with Crippen molar-refractivity contribution in [3.63, 3.8) is 0 Å². The van der Waals surface area contributed by atoms with Crippen molar-refractivity contribution in [1.29, 1.82) is 0 Å². The number of hydrogen-bond acceptors (Lipinski definition) is 4. The fourth-order valence-corrected chi connectivity index (χ4v) is 6.21. The molecule has 1 saturated carbocycles. The smallest absolute Gasteiger partial charge is 0.229 e. The van der Waals surface area contributed by atoms with Gasteiger partial charge in [-0.05, 0) is 48.5 Å². The number of likely N-dealkylation sites (tertiary alicyclic amines) is 1. The van der Waals surface area contributed by atoms with Crippen LogP contribution in [0, 0.1) is 5.92 Å². The van der Waals surface area contributed by atoms with Crippen molar-refractivity contribution in [2.45, 2.75) is 36.3 Å². The average Bonchev–Trinajstić information content (AvgIpc) is 3.38. The molecule has 24 heavy (non-hydrogen) atoms. The van der Waals surface area contributed by atoms with E-state index in [1.54, 1.807) is 0 Å². The van der Waals surface area contributed by atoms with E-state index in [9.17, 15) is 9.59 Å². The normalized spacial score (nSPS) is 25.1. The molecule has 0 aromatic heterocycles. The highest BCUT2D eigenvalue weighted by atomic mass is 32.2. The lowest BCUT2D eigenvalue weighted by atomic mass is 10.1. The number of hydrogen-bond donors (Lipinski definition) is 1. The van der Waals surface area contributed by atoms with Gasteiger partial charge >= 0.3 is 0 Å². The van der Waals surface area contributed by atoms with Crippen molar-refractivity contribution in [1.82, 2.24) is 4.90 Å². The SMILES string of the molecule is O=C(Nc1cccc(C2SCCCS2)c1)[C@@H]1CC(=O)N(C2CC2)C1. The minimum Gasteiger partial charge on any atom is -0.339 e. The molecule has 4 nitrogen and oxygen atoms in total. The summed E-state index contributed by atoms with van der Waals surface area (Å²) in [5.41, 5.74) is 2.12. The Morgan fingerprint density at radius 1 is 1.21 bits per heavy atom. The topological polar surface area (TPSA) is 49.4 Å². The maximum absolute atomic E-state index is 12.5. The van der Waals surface area contributed by atoms with E-state index < -0.39 is 0 Å². The highest BCUT2D eigenvalue weighted by molar-refractivity contribution is 8.16. The number of benzene rings is 1. The summed E-state index contributed by atoms with van der Waals surface area (Å²) >= 11 is 3.96. The largest absolute Gasteiger partial charge is 0.339 e. The summed E-state index contributed by atoms with van der Waals surface area (Å²) in [7, 11) is 0. The standard InChI is InChI=1S/C18H22N2O2S2/c21-16-10-13(11-20(16)15-5-6-15)17(22)19-14-4-1-3-12(9-14)18-23-7-2-8-24-18/h1,3-4,9,13,15,18H,2,5-8,10-11H2,(H,19,22)/t13-/m1/s1. The van der Waals surface area contributed by atoms with Crippen LogP contribution in [0.1, 0.15) is 35.8 Å². The summed E-state index contributed by atoms with van der Waals surface area (Å²) in [5, 5.41) is 3.03. The Labute approximate surface area is 151 Å². The lowest BCUT2D eigenvalue weighted by molar-refractivity contribution is -0.128. The van der Waals surface area contributed by atoms with Crippen LogP contribution >= 0.6 is 23.5 Å². The van der Waals surface area contributed by atoms with E-state index in [1.807, 2.05) is 40.6 Å². The third-order valence-electron chi connectivity index (χ3n) is 4.77. The van der Waals surface area contributed by atoms with Crippen molar-refractivity contribution in [2.24, 2.45) is 5.92 Å². The fraction of sp³-hybridized carbons (Fsp3) is 0.556. The molecule has 1 N–H and O–H groups in total. The third-order valence-corrected chi connectivity index (χ3v) is 7.79. The van der Waals surface area contributed by atoms with Gasteiger partial charge in [-0.15, -0.1) is 23.5 Å². The Morgan fingerprint density at radius 2 is 2.00 bits per heavy atom. The first-order chi connectivity index (χ1) is 11.7. The van der Waals surface area contributed by atoms with Crippen LogP contribution in [-0.4, -0.2) is 40.8 Å². The van der Waals surface area contributed by atoms with E-state index in [2.05, 4.69) is 17.4 Å². The van der Waals surface area contributed by atoms with Gasteiger partial charge in [-0.25, -0.2) is 0 Å². The van der Waals surface area contributed by atoms with Crippen molar-refractivity contribution >= 4 is 41.0 Å². The van der Waals surface area contributed by atoms with Gasteiger partial charge in [-0.2, -0.15) is 0 Å². The van der Waals surface area contributed by atoms with E-state index in [1.165, 1.54) is 23.5 Å². The number of anilines is 1. The molecule has 1 atom stereocenters.